The van der Waals surface area contributed by atoms with E-state index in [4.69, 9.17) is 0 Å². The monoisotopic (exact) mass is 620 g/mol. The number of nitrogens with zero attached hydrogens (tertiary/aromatic N) is 5. The van der Waals surface area contributed by atoms with E-state index in [2.05, 4.69) is 63.1 Å². The number of aromatic nitrogens is 2. The topological polar surface area (TPSA) is 35.3 Å². The predicted octanol–water partition coefficient (Wildman–Crippen LogP) is 3.52. The first-order chi connectivity index (χ1) is 16.3. The van der Waals surface area contributed by atoms with Crippen LogP contribution in [0.1, 0.15) is 11.7 Å². The number of fused-ring (bicyclic) bond motifs is 7. The van der Waals surface area contributed by atoms with Crippen LogP contribution in [0.3, 0.4) is 0 Å². The summed E-state index contributed by atoms with van der Waals surface area (Å²) in [4.78, 5) is 12.9. The fraction of sp³-hybridized carbons (Fsp3) is 0.0714. The molecule has 1 atom stereocenters. The molecule has 0 spiro atoms. The van der Waals surface area contributed by atoms with Crippen molar-refractivity contribution in [1.29, 1.82) is 0 Å². The number of rotatable bonds is 1. The summed E-state index contributed by atoms with van der Waals surface area (Å²) in [6.07, 6.45) is 13.2. The Labute approximate surface area is 212 Å². The van der Waals surface area contributed by atoms with Crippen LogP contribution in [0.5, 0.6) is 0 Å². The molecule has 166 valence electrons. The van der Waals surface area contributed by atoms with Gasteiger partial charge in [-0.3, -0.25) is 9.97 Å². The van der Waals surface area contributed by atoms with Crippen LogP contribution in [0.4, 0.5) is 11.4 Å². The second-order valence-corrected chi connectivity index (χ2v) is 8.00. The van der Waals surface area contributed by atoms with Crippen molar-refractivity contribution in [2.75, 3.05) is 11.9 Å². The van der Waals surface area contributed by atoms with Gasteiger partial charge in [-0.25, -0.2) is 4.58 Å². The van der Waals surface area contributed by atoms with E-state index >= 15 is 0 Å². The zero-order valence-corrected chi connectivity index (χ0v) is 20.9. The molecule has 5 heterocycles. The standard InChI is InChI=1S/C18H11N3.C10H10N2.Ir/c1-2-6-15-12(4-1)10-17-18-13(5-3-8-20-18)14-11-19-9-7-16(14)21(15)17;1-11-7-8-12(9-11)10-5-3-2-4-6-10;/h1-9,11,17H;2-5,7-9H,1H3;/q;-2;+3. The Morgan fingerprint density at radius 1 is 0.941 bits per heavy atom. The fourth-order valence-electron chi connectivity index (χ4n) is 4.42. The van der Waals surface area contributed by atoms with Gasteiger partial charge in [-0.2, -0.15) is 43.1 Å². The Balaban J connectivity index is 0.000000159. The van der Waals surface area contributed by atoms with Crippen LogP contribution in [0.2, 0.25) is 0 Å². The molecule has 0 amide bonds. The van der Waals surface area contributed by atoms with E-state index < -0.39 is 0 Å². The molecular weight excluding hydrogens is 599 g/mol. The van der Waals surface area contributed by atoms with Crippen LogP contribution in [0.15, 0.2) is 97.7 Å². The summed E-state index contributed by atoms with van der Waals surface area (Å²) in [6, 6.07) is 25.6. The molecule has 1 unspecified atom stereocenters. The molecule has 2 aromatic heterocycles. The van der Waals surface area contributed by atoms with Gasteiger partial charge in [0.2, 0.25) is 5.69 Å². The Kier molecular flexibility index (Phi) is 6.10. The molecule has 3 aliphatic heterocycles. The molecule has 4 aromatic rings. The molecule has 2 aromatic carbocycles. The molecule has 0 aliphatic carbocycles. The normalized spacial score (nSPS) is 16.3. The van der Waals surface area contributed by atoms with E-state index in [-0.39, 0.29) is 26.1 Å². The molecular formula is C28H21IrN5+. The van der Waals surface area contributed by atoms with Crippen molar-refractivity contribution in [3.05, 3.63) is 127 Å². The van der Waals surface area contributed by atoms with Crippen LogP contribution < -0.4 is 20.1 Å². The minimum absolute atomic E-state index is 0. The average Bonchev–Trinajstić information content (AvgIpc) is 3.49. The summed E-state index contributed by atoms with van der Waals surface area (Å²) in [5, 5.41) is 2.33. The number of pyridine rings is 2. The second kappa shape index (κ2) is 9.33. The van der Waals surface area contributed by atoms with Gasteiger partial charge in [0.1, 0.15) is 11.1 Å². The number of hydrogen-bond acceptors (Lipinski definition) is 4. The number of para-hydroxylation sites is 2. The Hall–Kier alpha value is -3.60. The van der Waals surface area contributed by atoms with Crippen LogP contribution in [-0.4, -0.2) is 21.9 Å². The number of hydrogen-bond donors (Lipinski definition) is 0. The van der Waals surface area contributed by atoms with Crippen molar-refractivity contribution in [2.24, 2.45) is 0 Å². The SMILES string of the molecule is CN1C=CN(c2[c-]cccc2)[CH-]1.[C-]1=c2ccccc2=[N+]2c3ccncc3-c3cccnc3C12.[Ir+3]. The predicted molar refractivity (Wildman–Crippen MR) is 129 cm³/mol. The van der Waals surface area contributed by atoms with Crippen molar-refractivity contribution in [1.82, 2.24) is 19.4 Å². The van der Waals surface area contributed by atoms with Gasteiger partial charge in [-0.15, -0.1) is 23.0 Å². The third-order valence-corrected chi connectivity index (χ3v) is 5.90. The van der Waals surface area contributed by atoms with E-state index in [1.54, 1.807) is 0 Å². The summed E-state index contributed by atoms with van der Waals surface area (Å²) < 4.78 is 2.31. The maximum atomic E-state index is 4.61. The Morgan fingerprint density at radius 3 is 2.65 bits per heavy atom. The quantitative estimate of drug-likeness (QED) is 0.242. The van der Waals surface area contributed by atoms with Gasteiger partial charge in [0.25, 0.3) is 0 Å². The van der Waals surface area contributed by atoms with Crippen molar-refractivity contribution in [2.45, 2.75) is 6.04 Å². The minimum Gasteiger partial charge on any atom is -0.510 e. The molecule has 0 bridgehead atoms. The van der Waals surface area contributed by atoms with Gasteiger partial charge >= 0.3 is 20.1 Å². The summed E-state index contributed by atoms with van der Waals surface area (Å²) in [5.74, 6) is 0. The van der Waals surface area contributed by atoms with Gasteiger partial charge in [0, 0.05) is 30.2 Å². The molecule has 3 aliphatic rings. The molecule has 0 saturated carbocycles. The van der Waals surface area contributed by atoms with Crippen LogP contribution in [-0.2, 0) is 20.1 Å². The summed E-state index contributed by atoms with van der Waals surface area (Å²) >= 11 is 0. The fourth-order valence-corrected chi connectivity index (χ4v) is 4.42. The van der Waals surface area contributed by atoms with Gasteiger partial charge in [-0.1, -0.05) is 12.1 Å². The Morgan fingerprint density at radius 2 is 1.82 bits per heavy atom. The molecule has 0 saturated heterocycles. The zero-order valence-electron chi connectivity index (χ0n) is 18.5. The molecule has 0 N–H and O–H groups in total. The molecule has 7 rings (SSSR count). The summed E-state index contributed by atoms with van der Waals surface area (Å²) in [5.41, 5.74) is 5.58. The summed E-state index contributed by atoms with van der Waals surface area (Å²) in [7, 11) is 2.00. The van der Waals surface area contributed by atoms with Gasteiger partial charge in [0.05, 0.1) is 5.56 Å². The largest absolute Gasteiger partial charge is 3.00 e. The molecule has 6 heteroatoms. The first-order valence-electron chi connectivity index (χ1n) is 10.8. The van der Waals surface area contributed by atoms with Gasteiger partial charge in [0.15, 0.2) is 6.04 Å². The van der Waals surface area contributed by atoms with Crippen molar-refractivity contribution in [3.8, 4) is 11.1 Å². The molecule has 0 radical (unpaired) electrons. The Bertz CT molecular complexity index is 1480. The van der Waals surface area contributed by atoms with Crippen molar-refractivity contribution >= 4 is 17.5 Å². The zero-order chi connectivity index (χ0) is 22.2. The third-order valence-electron chi connectivity index (χ3n) is 5.90. The second-order valence-electron chi connectivity index (χ2n) is 8.00. The third kappa shape index (κ3) is 3.85. The smallest absolute Gasteiger partial charge is 0.510 e. The molecule has 34 heavy (non-hydrogen) atoms. The molecule has 5 nitrogen and oxygen atoms in total. The van der Waals surface area contributed by atoms with Crippen LogP contribution in [0, 0.1) is 12.7 Å². The van der Waals surface area contributed by atoms with E-state index in [0.29, 0.717) is 0 Å². The van der Waals surface area contributed by atoms with E-state index in [9.17, 15) is 0 Å². The summed E-state index contributed by atoms with van der Waals surface area (Å²) in [6.45, 7) is 2.01. The molecule has 0 fully saturated rings. The van der Waals surface area contributed by atoms with E-state index in [0.717, 1.165) is 27.7 Å². The minimum atomic E-state index is 0. The van der Waals surface area contributed by atoms with Gasteiger partial charge in [-0.05, 0) is 31.6 Å². The van der Waals surface area contributed by atoms with Crippen LogP contribution in [0.25, 0.3) is 17.2 Å². The number of anilines is 1. The number of benzene rings is 2. The maximum Gasteiger partial charge on any atom is 3.00 e. The van der Waals surface area contributed by atoms with Crippen molar-refractivity contribution in [3.63, 3.8) is 0 Å². The van der Waals surface area contributed by atoms with Gasteiger partial charge < -0.3 is 9.80 Å². The van der Waals surface area contributed by atoms with E-state index in [1.165, 1.54) is 11.0 Å². The maximum absolute atomic E-state index is 4.61. The first-order valence-corrected chi connectivity index (χ1v) is 10.8. The van der Waals surface area contributed by atoms with Crippen molar-refractivity contribution < 1.29 is 20.1 Å². The first kappa shape index (κ1) is 22.2. The van der Waals surface area contributed by atoms with Crippen LogP contribution >= 0.6 is 0 Å². The van der Waals surface area contributed by atoms with E-state index in [1.807, 2.05) is 84.8 Å². The average molecular weight is 620 g/mol.